The van der Waals surface area contributed by atoms with Gasteiger partial charge in [-0.3, -0.25) is 9.59 Å². The third-order valence-electron chi connectivity index (χ3n) is 4.68. The Hall–Kier alpha value is -2.99. The van der Waals surface area contributed by atoms with Crippen molar-refractivity contribution in [2.24, 2.45) is 0 Å². The molecule has 1 amide bonds. The topological polar surface area (TPSA) is 76.1 Å². The molecule has 2 heterocycles. The van der Waals surface area contributed by atoms with Gasteiger partial charge in [0.2, 0.25) is 0 Å². The Balaban J connectivity index is 1.83. The summed E-state index contributed by atoms with van der Waals surface area (Å²) in [7, 11) is 1.53. The Kier molecular flexibility index (Phi) is 4.28. The molecule has 1 N–H and O–H groups in total. The fourth-order valence-electron chi connectivity index (χ4n) is 3.33. The number of rotatable bonds is 2. The summed E-state index contributed by atoms with van der Waals surface area (Å²) in [6, 6.07) is 11.0. The molecule has 0 saturated carbocycles. The van der Waals surface area contributed by atoms with E-state index in [2.05, 4.69) is 0 Å². The van der Waals surface area contributed by atoms with E-state index in [4.69, 9.17) is 21.1 Å². The maximum Gasteiger partial charge on any atom is 0.295 e. The normalized spacial score (nSPS) is 20.8. The highest BCUT2D eigenvalue weighted by Crippen LogP contribution is 2.40. The minimum Gasteiger partial charge on any atom is -0.507 e. The molecule has 0 radical (unpaired) electrons. The van der Waals surface area contributed by atoms with Crippen LogP contribution in [0.15, 0.2) is 48.0 Å². The van der Waals surface area contributed by atoms with Crippen LogP contribution < -0.4 is 9.47 Å². The Bertz CT molecular complexity index is 967. The molecule has 1 atom stereocenters. The summed E-state index contributed by atoms with van der Waals surface area (Å²) in [5.74, 6) is -0.601. The van der Waals surface area contributed by atoms with Crippen LogP contribution in [0.25, 0.3) is 5.76 Å². The van der Waals surface area contributed by atoms with Crippen molar-refractivity contribution in [1.29, 1.82) is 0 Å². The lowest BCUT2D eigenvalue weighted by Crippen LogP contribution is -2.24. The number of nitrogens with zero attached hydrogens (tertiary/aromatic N) is 1. The van der Waals surface area contributed by atoms with Crippen molar-refractivity contribution in [3.05, 3.63) is 64.2 Å². The first-order chi connectivity index (χ1) is 13.0. The first-order valence-corrected chi connectivity index (χ1v) is 8.75. The van der Waals surface area contributed by atoms with E-state index < -0.39 is 17.7 Å². The van der Waals surface area contributed by atoms with Gasteiger partial charge in [-0.15, -0.1) is 0 Å². The van der Waals surface area contributed by atoms with Crippen LogP contribution in [0, 0.1) is 0 Å². The molecule has 2 aliphatic heterocycles. The molecule has 2 aromatic rings. The summed E-state index contributed by atoms with van der Waals surface area (Å²) in [5.41, 5.74) is 1.09. The number of Topliss-reactive ketones (excluding diaryl/α,β-unsaturated/α-hetero) is 1. The average molecular weight is 386 g/mol. The van der Waals surface area contributed by atoms with E-state index in [0.717, 1.165) is 0 Å². The van der Waals surface area contributed by atoms with Gasteiger partial charge in [-0.05, 0) is 35.9 Å². The zero-order valence-electron chi connectivity index (χ0n) is 14.4. The molecule has 138 valence electrons. The molecule has 0 spiro atoms. The lowest BCUT2D eigenvalue weighted by molar-refractivity contribution is -0.139. The molecule has 1 fully saturated rings. The SMILES string of the molecule is CN1C(=O)C(=O)/C(=C(/O)c2ccc3c(c2)OCCO3)C1c1ccc(Cl)cc1. The van der Waals surface area contributed by atoms with E-state index in [1.54, 1.807) is 42.5 Å². The van der Waals surface area contributed by atoms with Crippen molar-refractivity contribution in [2.75, 3.05) is 20.3 Å². The molecule has 2 aliphatic rings. The molecule has 27 heavy (non-hydrogen) atoms. The summed E-state index contributed by atoms with van der Waals surface area (Å²) in [6.07, 6.45) is 0. The third-order valence-corrected chi connectivity index (χ3v) is 4.93. The fourth-order valence-corrected chi connectivity index (χ4v) is 3.45. The van der Waals surface area contributed by atoms with Crippen LogP contribution in [0.4, 0.5) is 0 Å². The largest absolute Gasteiger partial charge is 0.507 e. The number of ketones is 1. The number of fused-ring (bicyclic) bond motifs is 1. The van der Waals surface area contributed by atoms with Gasteiger partial charge in [-0.25, -0.2) is 0 Å². The molecule has 2 aromatic carbocycles. The number of amides is 1. The van der Waals surface area contributed by atoms with Gasteiger partial charge in [0, 0.05) is 17.6 Å². The predicted octanol–water partition coefficient (Wildman–Crippen LogP) is 3.16. The van der Waals surface area contributed by atoms with E-state index in [-0.39, 0.29) is 11.3 Å². The standard InChI is InChI=1S/C20H16ClNO5/c1-22-17(11-2-5-13(21)6-3-11)16(19(24)20(22)25)18(23)12-4-7-14-15(10-12)27-9-8-26-14/h2-7,10,17,23H,8-9H2,1H3/b18-16+. The first kappa shape index (κ1) is 17.4. The van der Waals surface area contributed by atoms with Gasteiger partial charge in [-0.1, -0.05) is 23.7 Å². The van der Waals surface area contributed by atoms with Gasteiger partial charge in [0.05, 0.1) is 11.6 Å². The quantitative estimate of drug-likeness (QED) is 0.488. The van der Waals surface area contributed by atoms with Crippen LogP contribution in [-0.2, 0) is 9.59 Å². The highest BCUT2D eigenvalue weighted by atomic mass is 35.5. The molecule has 0 aliphatic carbocycles. The van der Waals surface area contributed by atoms with Crippen LogP contribution >= 0.6 is 11.6 Å². The summed E-state index contributed by atoms with van der Waals surface area (Å²) >= 11 is 5.94. The zero-order valence-corrected chi connectivity index (χ0v) is 15.2. The zero-order chi connectivity index (χ0) is 19.1. The smallest absolute Gasteiger partial charge is 0.295 e. The average Bonchev–Trinajstić information content (AvgIpc) is 2.92. The number of hydrogen-bond donors (Lipinski definition) is 1. The lowest BCUT2D eigenvalue weighted by atomic mass is 9.95. The van der Waals surface area contributed by atoms with Crippen LogP contribution in [0.2, 0.25) is 5.02 Å². The van der Waals surface area contributed by atoms with Crippen molar-refractivity contribution in [3.8, 4) is 11.5 Å². The second kappa shape index (κ2) is 6.63. The van der Waals surface area contributed by atoms with E-state index in [9.17, 15) is 14.7 Å². The molecule has 0 bridgehead atoms. The van der Waals surface area contributed by atoms with Crippen molar-refractivity contribution in [2.45, 2.75) is 6.04 Å². The molecule has 7 heteroatoms. The minimum atomic E-state index is -0.732. The van der Waals surface area contributed by atoms with Crippen LogP contribution in [-0.4, -0.2) is 42.0 Å². The van der Waals surface area contributed by atoms with Gasteiger partial charge >= 0.3 is 0 Å². The van der Waals surface area contributed by atoms with E-state index in [0.29, 0.717) is 40.9 Å². The number of benzene rings is 2. The molecule has 1 unspecified atom stereocenters. The van der Waals surface area contributed by atoms with E-state index >= 15 is 0 Å². The van der Waals surface area contributed by atoms with Gasteiger partial charge in [0.15, 0.2) is 11.5 Å². The van der Waals surface area contributed by atoms with Crippen LogP contribution in [0.1, 0.15) is 17.2 Å². The number of likely N-dealkylation sites (N-methyl/N-ethyl adjacent to an activating group) is 1. The number of ether oxygens (including phenoxy) is 2. The van der Waals surface area contributed by atoms with Gasteiger partial charge in [0.1, 0.15) is 19.0 Å². The first-order valence-electron chi connectivity index (χ1n) is 8.37. The number of aliphatic hydroxyl groups is 1. The lowest BCUT2D eigenvalue weighted by Gasteiger charge is -2.22. The highest BCUT2D eigenvalue weighted by molar-refractivity contribution is 6.46. The number of hydrogen-bond acceptors (Lipinski definition) is 5. The number of likely N-dealkylation sites (tertiary alicyclic amines) is 1. The van der Waals surface area contributed by atoms with Gasteiger partial charge in [0.25, 0.3) is 11.7 Å². The van der Waals surface area contributed by atoms with E-state index in [1.807, 2.05) is 0 Å². The summed E-state index contributed by atoms with van der Waals surface area (Å²) in [6.45, 7) is 0.858. The Morgan fingerprint density at radius 3 is 2.44 bits per heavy atom. The minimum absolute atomic E-state index is 0.0292. The molecule has 1 saturated heterocycles. The van der Waals surface area contributed by atoms with E-state index in [1.165, 1.54) is 11.9 Å². The summed E-state index contributed by atoms with van der Waals surface area (Å²) in [4.78, 5) is 26.2. The fraction of sp³-hybridized carbons (Fsp3) is 0.200. The Morgan fingerprint density at radius 2 is 1.74 bits per heavy atom. The molecular formula is C20H16ClNO5. The van der Waals surface area contributed by atoms with Crippen molar-refractivity contribution in [1.82, 2.24) is 4.90 Å². The Labute approximate surface area is 160 Å². The second-order valence-corrected chi connectivity index (χ2v) is 6.76. The number of carbonyl (C=O) groups is 2. The van der Waals surface area contributed by atoms with Gasteiger partial charge < -0.3 is 19.5 Å². The number of carbonyl (C=O) groups excluding carboxylic acids is 2. The summed E-state index contributed by atoms with van der Waals surface area (Å²) in [5, 5.41) is 11.4. The van der Waals surface area contributed by atoms with Crippen molar-refractivity contribution < 1.29 is 24.2 Å². The third kappa shape index (κ3) is 2.92. The van der Waals surface area contributed by atoms with Crippen LogP contribution in [0.5, 0.6) is 11.5 Å². The molecule has 0 aromatic heterocycles. The molecule has 6 nitrogen and oxygen atoms in total. The van der Waals surface area contributed by atoms with Gasteiger partial charge in [-0.2, -0.15) is 0 Å². The second-order valence-electron chi connectivity index (χ2n) is 6.32. The van der Waals surface area contributed by atoms with Crippen molar-refractivity contribution >= 4 is 29.1 Å². The predicted molar refractivity (Wildman–Crippen MR) is 99.0 cm³/mol. The van der Waals surface area contributed by atoms with Crippen LogP contribution in [0.3, 0.4) is 0 Å². The molecular weight excluding hydrogens is 370 g/mol. The van der Waals surface area contributed by atoms with Crippen molar-refractivity contribution in [3.63, 3.8) is 0 Å². The summed E-state index contributed by atoms with van der Waals surface area (Å²) < 4.78 is 11.0. The maximum atomic E-state index is 12.6. The number of aliphatic hydroxyl groups excluding tert-OH is 1. The monoisotopic (exact) mass is 385 g/mol. The maximum absolute atomic E-state index is 12.6. The number of halogens is 1. The highest BCUT2D eigenvalue weighted by Gasteiger charge is 2.44. The Morgan fingerprint density at radius 1 is 1.07 bits per heavy atom. The molecule has 4 rings (SSSR count).